The number of amides is 2. The number of aromatic nitrogens is 2. The number of pyridine rings is 1. The van der Waals surface area contributed by atoms with Crippen LogP contribution in [0, 0.1) is 5.41 Å². The fraction of sp³-hybridized carbons (Fsp3) is 0.333. The molecule has 0 unspecified atom stereocenters. The van der Waals surface area contributed by atoms with Crippen molar-refractivity contribution in [2.24, 2.45) is 5.41 Å². The number of oxazole rings is 1. The van der Waals surface area contributed by atoms with Gasteiger partial charge in [0.2, 0.25) is 0 Å². The van der Waals surface area contributed by atoms with Gasteiger partial charge in [-0.25, -0.2) is 4.98 Å². The molecule has 0 aliphatic carbocycles. The van der Waals surface area contributed by atoms with Gasteiger partial charge in [0.05, 0.1) is 17.7 Å². The van der Waals surface area contributed by atoms with E-state index >= 15 is 0 Å². The second-order valence-corrected chi connectivity index (χ2v) is 8.37. The third-order valence-electron chi connectivity index (χ3n) is 6.66. The monoisotopic (exact) mass is 416 g/mol. The largest absolute Gasteiger partial charge is 0.449 e. The molecule has 2 aliphatic heterocycles. The lowest BCUT2D eigenvalue weighted by atomic mass is 9.70. The van der Waals surface area contributed by atoms with Crippen LogP contribution in [0.25, 0.3) is 0 Å². The predicted octanol–water partition coefficient (Wildman–Crippen LogP) is 3.23. The number of likely N-dealkylation sites (tertiary alicyclic amines) is 2. The van der Waals surface area contributed by atoms with Gasteiger partial charge in [0.15, 0.2) is 5.89 Å². The Hall–Kier alpha value is -3.48. The summed E-state index contributed by atoms with van der Waals surface area (Å²) < 4.78 is 5.68. The quantitative estimate of drug-likeness (QED) is 0.655. The summed E-state index contributed by atoms with van der Waals surface area (Å²) in [7, 11) is 0. The first kappa shape index (κ1) is 19.5. The molecule has 1 spiro atoms. The van der Waals surface area contributed by atoms with E-state index in [4.69, 9.17) is 4.42 Å². The summed E-state index contributed by atoms with van der Waals surface area (Å²) in [5, 5.41) is 0. The molecule has 3 aromatic rings. The zero-order chi connectivity index (χ0) is 21.3. The number of benzene rings is 1. The molecular weight excluding hydrogens is 392 g/mol. The molecule has 1 aromatic carbocycles. The van der Waals surface area contributed by atoms with Gasteiger partial charge in [-0.2, -0.15) is 0 Å². The number of piperidine rings is 1. The summed E-state index contributed by atoms with van der Waals surface area (Å²) in [6.07, 6.45) is 8.12. The molecule has 0 bridgehead atoms. The minimum absolute atomic E-state index is 0.00541. The molecule has 158 valence electrons. The second-order valence-electron chi connectivity index (χ2n) is 8.37. The molecule has 4 heterocycles. The van der Waals surface area contributed by atoms with Crippen LogP contribution in [0.4, 0.5) is 0 Å². The molecule has 31 heavy (non-hydrogen) atoms. The number of carbonyl (C=O) groups is 2. The molecule has 2 fully saturated rings. The Balaban J connectivity index is 1.36. The van der Waals surface area contributed by atoms with E-state index in [1.165, 1.54) is 0 Å². The normalized spacial score (nSPS) is 20.2. The van der Waals surface area contributed by atoms with Gasteiger partial charge in [-0.15, -0.1) is 0 Å². The number of rotatable bonds is 3. The van der Waals surface area contributed by atoms with Crippen LogP contribution >= 0.6 is 0 Å². The molecule has 0 saturated carbocycles. The Morgan fingerprint density at radius 1 is 0.935 bits per heavy atom. The van der Waals surface area contributed by atoms with Crippen molar-refractivity contribution in [3.63, 3.8) is 0 Å². The Morgan fingerprint density at radius 2 is 1.68 bits per heavy atom. The molecule has 2 aliphatic rings. The second kappa shape index (κ2) is 7.98. The first-order chi connectivity index (χ1) is 15.2. The zero-order valence-corrected chi connectivity index (χ0v) is 17.2. The number of nitrogens with zero attached hydrogens (tertiary/aromatic N) is 4. The lowest BCUT2D eigenvalue weighted by Crippen LogP contribution is -2.46. The van der Waals surface area contributed by atoms with Crippen LogP contribution in [0.5, 0.6) is 0 Å². The minimum atomic E-state index is -0.152. The molecule has 1 atom stereocenters. The van der Waals surface area contributed by atoms with Gasteiger partial charge >= 0.3 is 0 Å². The van der Waals surface area contributed by atoms with E-state index in [1.807, 2.05) is 40.1 Å². The maximum atomic E-state index is 13.1. The third kappa shape index (κ3) is 3.60. The van der Waals surface area contributed by atoms with E-state index in [0.29, 0.717) is 43.2 Å². The van der Waals surface area contributed by atoms with E-state index in [1.54, 1.807) is 37.0 Å². The lowest BCUT2D eigenvalue weighted by Gasteiger charge is -2.41. The molecule has 0 radical (unpaired) electrons. The molecule has 2 amide bonds. The highest BCUT2D eigenvalue weighted by Gasteiger charge is 2.52. The van der Waals surface area contributed by atoms with E-state index in [2.05, 4.69) is 9.97 Å². The van der Waals surface area contributed by atoms with E-state index in [-0.39, 0.29) is 23.1 Å². The molecule has 7 nitrogen and oxygen atoms in total. The fourth-order valence-electron chi connectivity index (χ4n) is 4.97. The first-order valence-corrected chi connectivity index (χ1v) is 10.6. The van der Waals surface area contributed by atoms with Crippen molar-refractivity contribution >= 4 is 11.8 Å². The summed E-state index contributed by atoms with van der Waals surface area (Å²) in [5.41, 5.74) is 1.14. The smallest absolute Gasteiger partial charge is 0.255 e. The Labute approximate surface area is 180 Å². The van der Waals surface area contributed by atoms with Crippen LogP contribution in [-0.4, -0.2) is 57.8 Å². The van der Waals surface area contributed by atoms with Crippen LogP contribution in [0.3, 0.4) is 0 Å². The van der Waals surface area contributed by atoms with Crippen LogP contribution in [0.2, 0.25) is 0 Å². The average molecular weight is 416 g/mol. The van der Waals surface area contributed by atoms with Crippen molar-refractivity contribution in [2.75, 3.05) is 26.2 Å². The highest BCUT2D eigenvalue weighted by molar-refractivity contribution is 5.95. The lowest BCUT2D eigenvalue weighted by molar-refractivity contribution is 0.0529. The molecule has 7 heteroatoms. The highest BCUT2D eigenvalue weighted by atomic mass is 16.3. The van der Waals surface area contributed by atoms with Crippen molar-refractivity contribution in [3.05, 3.63) is 84.3 Å². The Kier molecular flexibility index (Phi) is 5.02. The molecular formula is C24H24N4O3. The maximum absolute atomic E-state index is 13.1. The highest BCUT2D eigenvalue weighted by Crippen LogP contribution is 2.49. The van der Waals surface area contributed by atoms with Crippen molar-refractivity contribution in [3.8, 4) is 0 Å². The number of hydrogen-bond acceptors (Lipinski definition) is 5. The number of hydrogen-bond donors (Lipinski definition) is 0. The molecule has 0 N–H and O–H groups in total. The van der Waals surface area contributed by atoms with Crippen LogP contribution in [0.1, 0.15) is 45.4 Å². The summed E-state index contributed by atoms with van der Waals surface area (Å²) in [5.74, 6) is 0.731. The summed E-state index contributed by atoms with van der Waals surface area (Å²) >= 11 is 0. The van der Waals surface area contributed by atoms with Crippen molar-refractivity contribution in [1.29, 1.82) is 0 Å². The van der Waals surface area contributed by atoms with E-state index in [0.717, 1.165) is 12.8 Å². The topological polar surface area (TPSA) is 79.5 Å². The summed E-state index contributed by atoms with van der Waals surface area (Å²) in [6, 6.07) is 12.9. The van der Waals surface area contributed by atoms with Gasteiger partial charge in [0.1, 0.15) is 6.26 Å². The standard InChI is InChI=1S/C24H24N4O3/c29-22(18-5-2-1-3-6-18)28-16-20(21-26-11-14-31-21)24(17-28)8-12-27(13-9-24)23(30)19-7-4-10-25-15-19/h1-7,10-11,14-15,20H,8-9,12-13,16-17H2/t20-/m1/s1. The molecule has 2 saturated heterocycles. The van der Waals surface area contributed by atoms with Gasteiger partial charge in [0, 0.05) is 49.6 Å². The van der Waals surface area contributed by atoms with Crippen LogP contribution in [-0.2, 0) is 0 Å². The van der Waals surface area contributed by atoms with Gasteiger partial charge in [-0.3, -0.25) is 14.6 Å². The van der Waals surface area contributed by atoms with Gasteiger partial charge in [-0.05, 0) is 37.1 Å². The van der Waals surface area contributed by atoms with Crippen molar-refractivity contribution < 1.29 is 14.0 Å². The maximum Gasteiger partial charge on any atom is 0.255 e. The first-order valence-electron chi connectivity index (χ1n) is 10.6. The zero-order valence-electron chi connectivity index (χ0n) is 17.2. The Morgan fingerprint density at radius 3 is 2.35 bits per heavy atom. The summed E-state index contributed by atoms with van der Waals surface area (Å²) in [4.78, 5) is 38.3. The fourth-order valence-corrected chi connectivity index (χ4v) is 4.97. The summed E-state index contributed by atoms with van der Waals surface area (Å²) in [6.45, 7) is 2.49. The van der Waals surface area contributed by atoms with Gasteiger partial charge < -0.3 is 14.2 Å². The molecule has 2 aromatic heterocycles. The van der Waals surface area contributed by atoms with E-state index in [9.17, 15) is 9.59 Å². The third-order valence-corrected chi connectivity index (χ3v) is 6.66. The van der Waals surface area contributed by atoms with Crippen molar-refractivity contribution in [1.82, 2.24) is 19.8 Å². The SMILES string of the molecule is O=C(c1cccnc1)N1CCC2(CC1)CN(C(=O)c1ccccc1)C[C@@H]2c1ncco1. The van der Waals surface area contributed by atoms with Gasteiger partial charge in [0.25, 0.3) is 11.8 Å². The van der Waals surface area contributed by atoms with Crippen LogP contribution < -0.4 is 0 Å². The average Bonchev–Trinajstić information content (AvgIpc) is 3.48. The van der Waals surface area contributed by atoms with Crippen molar-refractivity contribution in [2.45, 2.75) is 18.8 Å². The molecule has 5 rings (SSSR count). The van der Waals surface area contributed by atoms with Gasteiger partial charge in [-0.1, -0.05) is 18.2 Å². The minimum Gasteiger partial charge on any atom is -0.449 e. The Bertz CT molecular complexity index is 1040. The van der Waals surface area contributed by atoms with E-state index < -0.39 is 0 Å². The number of carbonyl (C=O) groups excluding carboxylic acids is 2. The predicted molar refractivity (Wildman–Crippen MR) is 113 cm³/mol. The van der Waals surface area contributed by atoms with Crippen LogP contribution in [0.15, 0.2) is 71.7 Å².